The largest absolute Gasteiger partial charge is 0.391 e. The number of aromatic nitrogens is 4. The van der Waals surface area contributed by atoms with Crippen LogP contribution in [-0.4, -0.2) is 36.8 Å². The van der Waals surface area contributed by atoms with Crippen molar-refractivity contribution in [2.75, 3.05) is 5.32 Å². The van der Waals surface area contributed by atoms with Gasteiger partial charge < -0.3 is 15.0 Å². The van der Waals surface area contributed by atoms with E-state index in [0.717, 1.165) is 19.4 Å². The van der Waals surface area contributed by atoms with Gasteiger partial charge in [-0.3, -0.25) is 0 Å². The lowest BCUT2D eigenvalue weighted by Crippen LogP contribution is -2.28. The van der Waals surface area contributed by atoms with Crippen LogP contribution in [0.1, 0.15) is 24.4 Å². The average Bonchev–Trinajstić information content (AvgIpc) is 3.09. The summed E-state index contributed by atoms with van der Waals surface area (Å²) in [6, 6.07) is 3.57. The summed E-state index contributed by atoms with van der Waals surface area (Å²) in [7, 11) is 0. The Balaban J connectivity index is 1.66. The van der Waals surface area contributed by atoms with Crippen molar-refractivity contribution in [3.05, 3.63) is 36.3 Å². The Hall–Kier alpha value is -2.46. The first-order chi connectivity index (χ1) is 10.6. The van der Waals surface area contributed by atoms with Gasteiger partial charge in [-0.15, -0.1) is 0 Å². The maximum Gasteiger partial charge on any atom is 0.146 e. The first-order valence-electron chi connectivity index (χ1n) is 7.30. The molecule has 1 saturated carbocycles. The van der Waals surface area contributed by atoms with Crippen molar-refractivity contribution in [1.82, 2.24) is 19.5 Å². The third-order valence-electron chi connectivity index (χ3n) is 3.94. The second-order valence-corrected chi connectivity index (χ2v) is 5.71. The first kappa shape index (κ1) is 14.5. The standard InChI is InChI=1S/C15H18N6O/c1-10-18-12(7-16)6-15(19-10)20-13-4-11(5-14(13)22)8-21-3-2-17-9-21/h2-3,6,9,11,13-14,22H,4-5,8H2,1H3,(H,18,19,20)/t11?,13-,14-/m1/s1. The van der Waals surface area contributed by atoms with Gasteiger partial charge in [-0.2, -0.15) is 5.26 Å². The van der Waals surface area contributed by atoms with Crippen molar-refractivity contribution in [3.8, 4) is 6.07 Å². The lowest BCUT2D eigenvalue weighted by molar-refractivity contribution is 0.166. The van der Waals surface area contributed by atoms with Gasteiger partial charge in [-0.25, -0.2) is 15.0 Å². The molecule has 3 rings (SSSR count). The highest BCUT2D eigenvalue weighted by Gasteiger charge is 2.33. The Labute approximate surface area is 128 Å². The highest BCUT2D eigenvalue weighted by molar-refractivity contribution is 5.41. The van der Waals surface area contributed by atoms with Crippen LogP contribution in [0.4, 0.5) is 5.82 Å². The van der Waals surface area contributed by atoms with Gasteiger partial charge in [0.05, 0.1) is 18.5 Å². The van der Waals surface area contributed by atoms with Crippen LogP contribution < -0.4 is 5.32 Å². The monoisotopic (exact) mass is 298 g/mol. The molecule has 1 aliphatic rings. The molecule has 0 amide bonds. The molecule has 22 heavy (non-hydrogen) atoms. The SMILES string of the molecule is Cc1nc(C#N)cc(N[C@@H]2CC(Cn3ccnc3)C[C@H]2O)n1. The summed E-state index contributed by atoms with van der Waals surface area (Å²) in [5, 5.41) is 22.4. The minimum absolute atomic E-state index is 0.0608. The quantitative estimate of drug-likeness (QED) is 0.877. The fraction of sp³-hybridized carbons (Fsp3) is 0.467. The molecule has 1 fully saturated rings. The van der Waals surface area contributed by atoms with Crippen molar-refractivity contribution in [2.45, 2.75) is 38.5 Å². The zero-order valence-corrected chi connectivity index (χ0v) is 12.3. The van der Waals surface area contributed by atoms with Gasteiger partial charge in [0.25, 0.3) is 0 Å². The molecule has 114 valence electrons. The number of aryl methyl sites for hydroxylation is 1. The van der Waals surface area contributed by atoms with Crippen molar-refractivity contribution in [3.63, 3.8) is 0 Å². The Bertz CT molecular complexity index is 678. The molecule has 1 unspecified atom stereocenters. The summed E-state index contributed by atoms with van der Waals surface area (Å²) < 4.78 is 2.03. The van der Waals surface area contributed by atoms with Crippen LogP contribution in [-0.2, 0) is 6.54 Å². The molecule has 0 aliphatic heterocycles. The van der Waals surface area contributed by atoms with E-state index in [9.17, 15) is 5.11 Å². The van der Waals surface area contributed by atoms with Gasteiger partial charge in [-0.1, -0.05) is 0 Å². The van der Waals surface area contributed by atoms with Crippen LogP contribution in [0.25, 0.3) is 0 Å². The molecule has 2 aromatic heterocycles. The van der Waals surface area contributed by atoms with Crippen LogP contribution in [0.15, 0.2) is 24.8 Å². The number of anilines is 1. The summed E-state index contributed by atoms with van der Waals surface area (Å²) in [6.07, 6.45) is 6.65. The van der Waals surface area contributed by atoms with E-state index in [0.29, 0.717) is 23.3 Å². The summed E-state index contributed by atoms with van der Waals surface area (Å²) in [5.74, 6) is 1.53. The van der Waals surface area contributed by atoms with Gasteiger partial charge in [0, 0.05) is 25.0 Å². The molecule has 0 saturated heterocycles. The second kappa shape index (κ2) is 6.12. The van der Waals surface area contributed by atoms with Gasteiger partial charge >= 0.3 is 0 Å². The summed E-state index contributed by atoms with van der Waals surface area (Å²) in [4.78, 5) is 12.3. The number of imidazole rings is 1. The molecule has 0 bridgehead atoms. The minimum Gasteiger partial charge on any atom is -0.391 e. The van der Waals surface area contributed by atoms with Crippen LogP contribution in [0, 0.1) is 24.2 Å². The summed E-state index contributed by atoms with van der Waals surface area (Å²) in [5.41, 5.74) is 0.331. The molecule has 2 aromatic rings. The number of hydrogen-bond acceptors (Lipinski definition) is 6. The van der Waals surface area contributed by atoms with Crippen molar-refractivity contribution in [2.24, 2.45) is 5.92 Å². The Morgan fingerprint density at radius 1 is 1.45 bits per heavy atom. The molecule has 7 nitrogen and oxygen atoms in total. The van der Waals surface area contributed by atoms with E-state index < -0.39 is 6.10 Å². The lowest BCUT2D eigenvalue weighted by Gasteiger charge is -2.17. The van der Waals surface area contributed by atoms with Crippen LogP contribution in [0.5, 0.6) is 0 Å². The molecular weight excluding hydrogens is 280 g/mol. The molecular formula is C15H18N6O. The lowest BCUT2D eigenvalue weighted by atomic mass is 10.1. The van der Waals surface area contributed by atoms with Crippen molar-refractivity contribution >= 4 is 5.82 Å². The van der Waals surface area contributed by atoms with Gasteiger partial charge in [0.1, 0.15) is 23.4 Å². The second-order valence-electron chi connectivity index (χ2n) is 5.71. The fourth-order valence-corrected chi connectivity index (χ4v) is 3.00. The predicted molar refractivity (Wildman–Crippen MR) is 79.9 cm³/mol. The van der Waals surface area contributed by atoms with E-state index in [1.165, 1.54) is 0 Å². The molecule has 7 heteroatoms. The third-order valence-corrected chi connectivity index (χ3v) is 3.94. The summed E-state index contributed by atoms with van der Waals surface area (Å²) in [6.45, 7) is 2.60. The highest BCUT2D eigenvalue weighted by atomic mass is 16.3. The smallest absolute Gasteiger partial charge is 0.146 e. The van der Waals surface area contributed by atoms with Gasteiger partial charge in [-0.05, 0) is 25.7 Å². The number of nitrogens with zero attached hydrogens (tertiary/aromatic N) is 5. The minimum atomic E-state index is -0.422. The molecule has 1 aliphatic carbocycles. The van der Waals surface area contributed by atoms with Crippen LogP contribution >= 0.6 is 0 Å². The maximum atomic E-state index is 10.2. The van der Waals surface area contributed by atoms with Gasteiger partial charge in [0.2, 0.25) is 0 Å². The zero-order valence-electron chi connectivity index (χ0n) is 12.3. The highest BCUT2D eigenvalue weighted by Crippen LogP contribution is 2.29. The molecule has 2 heterocycles. The molecule has 2 N–H and O–H groups in total. The van der Waals surface area contributed by atoms with E-state index in [-0.39, 0.29) is 6.04 Å². The van der Waals surface area contributed by atoms with E-state index in [4.69, 9.17) is 5.26 Å². The van der Waals surface area contributed by atoms with Crippen molar-refractivity contribution < 1.29 is 5.11 Å². The number of aliphatic hydroxyl groups excluding tert-OH is 1. The fourth-order valence-electron chi connectivity index (χ4n) is 3.00. The average molecular weight is 298 g/mol. The molecule has 0 aromatic carbocycles. The number of nitrogens with one attached hydrogen (secondary N) is 1. The molecule has 0 radical (unpaired) electrons. The Morgan fingerprint density at radius 3 is 3.05 bits per heavy atom. The predicted octanol–water partition coefficient (Wildman–Crippen LogP) is 1.10. The summed E-state index contributed by atoms with van der Waals surface area (Å²) >= 11 is 0. The Morgan fingerprint density at radius 2 is 2.32 bits per heavy atom. The van der Waals surface area contributed by atoms with Gasteiger partial charge in [0.15, 0.2) is 0 Å². The number of aliphatic hydroxyl groups is 1. The topological polar surface area (TPSA) is 99.7 Å². The zero-order chi connectivity index (χ0) is 15.5. The normalized spacial score (nSPS) is 24.1. The van der Waals surface area contributed by atoms with E-state index >= 15 is 0 Å². The van der Waals surface area contributed by atoms with Crippen LogP contribution in [0.2, 0.25) is 0 Å². The van der Waals surface area contributed by atoms with E-state index in [1.807, 2.05) is 16.8 Å². The first-order valence-corrected chi connectivity index (χ1v) is 7.30. The number of rotatable bonds is 4. The van der Waals surface area contributed by atoms with E-state index in [2.05, 4.69) is 20.3 Å². The number of nitriles is 1. The maximum absolute atomic E-state index is 10.2. The van der Waals surface area contributed by atoms with Crippen LogP contribution in [0.3, 0.4) is 0 Å². The Kier molecular flexibility index (Phi) is 4.02. The third kappa shape index (κ3) is 3.23. The number of hydrogen-bond donors (Lipinski definition) is 2. The van der Waals surface area contributed by atoms with E-state index in [1.54, 1.807) is 25.5 Å². The van der Waals surface area contributed by atoms with Crippen molar-refractivity contribution in [1.29, 1.82) is 5.26 Å². The molecule has 0 spiro atoms. The molecule has 3 atom stereocenters.